The molecule has 2 saturated heterocycles. The zero-order valence-electron chi connectivity index (χ0n) is 19.0. The lowest BCUT2D eigenvalue weighted by Gasteiger charge is -2.34. The molecule has 2 fully saturated rings. The number of fused-ring (bicyclic) bond motifs is 1. The first-order valence-electron chi connectivity index (χ1n) is 12.4. The van der Waals surface area contributed by atoms with Crippen molar-refractivity contribution >= 4 is 16.6 Å². The SMILES string of the molecule is CC1CCN(CCCC2CCN(c3cccc(-c4cc5ccccc5[nH]4)c3)CC2)CC1. The van der Waals surface area contributed by atoms with Crippen molar-refractivity contribution in [2.75, 3.05) is 37.6 Å². The van der Waals surface area contributed by atoms with Gasteiger partial charge in [-0.05, 0) is 99.8 Å². The zero-order valence-corrected chi connectivity index (χ0v) is 19.0. The van der Waals surface area contributed by atoms with Crippen molar-refractivity contribution in [2.24, 2.45) is 11.8 Å². The molecule has 0 aliphatic carbocycles. The average Bonchev–Trinajstić information content (AvgIpc) is 3.25. The van der Waals surface area contributed by atoms with E-state index >= 15 is 0 Å². The summed E-state index contributed by atoms with van der Waals surface area (Å²) in [5.41, 5.74) is 5.08. The maximum absolute atomic E-state index is 3.58. The van der Waals surface area contributed by atoms with Gasteiger partial charge in [-0.3, -0.25) is 0 Å². The molecule has 5 rings (SSSR count). The predicted molar refractivity (Wildman–Crippen MR) is 133 cm³/mol. The Morgan fingerprint density at radius 3 is 2.48 bits per heavy atom. The first-order chi connectivity index (χ1) is 15.2. The van der Waals surface area contributed by atoms with Crippen molar-refractivity contribution in [2.45, 2.75) is 45.4 Å². The third-order valence-electron chi connectivity index (χ3n) is 7.63. The van der Waals surface area contributed by atoms with Gasteiger partial charge in [-0.25, -0.2) is 0 Å². The van der Waals surface area contributed by atoms with Crippen LogP contribution in [0.25, 0.3) is 22.2 Å². The molecule has 0 saturated carbocycles. The van der Waals surface area contributed by atoms with Gasteiger partial charge in [0.1, 0.15) is 0 Å². The van der Waals surface area contributed by atoms with Gasteiger partial charge in [0.25, 0.3) is 0 Å². The molecule has 2 aromatic carbocycles. The van der Waals surface area contributed by atoms with Crippen molar-refractivity contribution in [1.29, 1.82) is 0 Å². The van der Waals surface area contributed by atoms with Crippen LogP contribution >= 0.6 is 0 Å². The summed E-state index contributed by atoms with van der Waals surface area (Å²) < 4.78 is 0. The number of nitrogens with one attached hydrogen (secondary N) is 1. The molecule has 0 unspecified atom stereocenters. The quantitative estimate of drug-likeness (QED) is 0.492. The Balaban J connectivity index is 1.13. The Kier molecular flexibility index (Phi) is 6.31. The lowest BCUT2D eigenvalue weighted by molar-refractivity contribution is 0.184. The molecule has 31 heavy (non-hydrogen) atoms. The summed E-state index contributed by atoms with van der Waals surface area (Å²) in [7, 11) is 0. The van der Waals surface area contributed by atoms with Gasteiger partial charge in [-0.1, -0.05) is 37.3 Å². The van der Waals surface area contributed by atoms with Crippen LogP contribution in [0, 0.1) is 11.8 Å². The molecule has 0 bridgehead atoms. The number of hydrogen-bond acceptors (Lipinski definition) is 2. The fraction of sp³-hybridized carbons (Fsp3) is 0.500. The number of para-hydroxylation sites is 1. The number of aromatic amines is 1. The van der Waals surface area contributed by atoms with Gasteiger partial charge >= 0.3 is 0 Å². The molecular weight excluding hydrogens is 378 g/mol. The number of anilines is 1. The summed E-state index contributed by atoms with van der Waals surface area (Å²) in [6.07, 6.45) is 8.27. The second kappa shape index (κ2) is 9.48. The highest BCUT2D eigenvalue weighted by Crippen LogP contribution is 2.30. The van der Waals surface area contributed by atoms with Crippen LogP contribution in [0.1, 0.15) is 45.4 Å². The summed E-state index contributed by atoms with van der Waals surface area (Å²) in [6.45, 7) is 8.77. The van der Waals surface area contributed by atoms with Crippen LogP contribution < -0.4 is 4.90 Å². The summed E-state index contributed by atoms with van der Waals surface area (Å²) >= 11 is 0. The second-order valence-corrected chi connectivity index (χ2v) is 9.92. The first-order valence-corrected chi connectivity index (χ1v) is 12.4. The molecule has 2 aliphatic heterocycles. The van der Waals surface area contributed by atoms with Gasteiger partial charge in [0.2, 0.25) is 0 Å². The monoisotopic (exact) mass is 415 g/mol. The Hall–Kier alpha value is -2.26. The average molecular weight is 416 g/mol. The molecule has 1 aromatic heterocycles. The number of piperidine rings is 2. The molecule has 3 heterocycles. The van der Waals surface area contributed by atoms with E-state index in [-0.39, 0.29) is 0 Å². The maximum atomic E-state index is 3.58. The predicted octanol–water partition coefficient (Wildman–Crippen LogP) is 6.56. The molecule has 0 radical (unpaired) electrons. The number of rotatable bonds is 6. The highest BCUT2D eigenvalue weighted by atomic mass is 15.1. The van der Waals surface area contributed by atoms with Crippen LogP contribution in [0.3, 0.4) is 0 Å². The minimum Gasteiger partial charge on any atom is -0.371 e. The first kappa shape index (κ1) is 20.6. The highest BCUT2D eigenvalue weighted by molar-refractivity contribution is 5.86. The largest absolute Gasteiger partial charge is 0.371 e. The van der Waals surface area contributed by atoms with Crippen LogP contribution in [0.5, 0.6) is 0 Å². The Morgan fingerprint density at radius 1 is 0.871 bits per heavy atom. The van der Waals surface area contributed by atoms with Gasteiger partial charge in [0.05, 0.1) is 0 Å². The Labute approximate surface area is 187 Å². The fourth-order valence-electron chi connectivity index (χ4n) is 5.47. The van der Waals surface area contributed by atoms with E-state index in [1.54, 1.807) is 0 Å². The van der Waals surface area contributed by atoms with Crippen LogP contribution in [-0.4, -0.2) is 42.6 Å². The van der Waals surface area contributed by atoms with Crippen molar-refractivity contribution in [3.8, 4) is 11.3 Å². The standard InChI is InChI=1S/C28H37N3/c1-22-11-16-30(17-12-22)15-5-6-23-13-18-31(19-14-23)26-9-4-8-24(20-26)28-21-25-7-2-3-10-27(25)29-28/h2-4,7-10,20-23,29H,5-6,11-19H2,1H3. The molecular formula is C28H37N3. The van der Waals surface area contributed by atoms with Gasteiger partial charge < -0.3 is 14.8 Å². The van der Waals surface area contributed by atoms with Crippen LogP contribution in [0.4, 0.5) is 5.69 Å². The topological polar surface area (TPSA) is 22.3 Å². The van der Waals surface area contributed by atoms with Gasteiger partial charge in [0, 0.05) is 35.4 Å². The molecule has 3 nitrogen and oxygen atoms in total. The van der Waals surface area contributed by atoms with E-state index in [4.69, 9.17) is 0 Å². The lowest BCUT2D eigenvalue weighted by atomic mass is 9.91. The third kappa shape index (κ3) is 4.98. The smallest absolute Gasteiger partial charge is 0.0465 e. The van der Waals surface area contributed by atoms with Gasteiger partial charge in [-0.15, -0.1) is 0 Å². The number of H-pyrrole nitrogens is 1. The van der Waals surface area contributed by atoms with E-state index < -0.39 is 0 Å². The van der Waals surface area contributed by atoms with Gasteiger partial charge in [0.15, 0.2) is 0 Å². The molecule has 0 spiro atoms. The zero-order chi connectivity index (χ0) is 21.0. The van der Waals surface area contributed by atoms with E-state index in [2.05, 4.69) is 76.3 Å². The fourth-order valence-corrected chi connectivity index (χ4v) is 5.47. The second-order valence-electron chi connectivity index (χ2n) is 9.92. The molecule has 2 aliphatic rings. The number of aromatic nitrogens is 1. The minimum absolute atomic E-state index is 0.914. The molecule has 0 atom stereocenters. The number of hydrogen-bond donors (Lipinski definition) is 1. The Bertz CT molecular complexity index is 942. The van der Waals surface area contributed by atoms with Crippen LogP contribution in [0.2, 0.25) is 0 Å². The van der Waals surface area contributed by atoms with Crippen molar-refractivity contribution < 1.29 is 0 Å². The van der Waals surface area contributed by atoms with E-state index in [1.165, 1.54) is 99.1 Å². The lowest BCUT2D eigenvalue weighted by Crippen LogP contribution is -2.35. The van der Waals surface area contributed by atoms with E-state index in [9.17, 15) is 0 Å². The number of nitrogens with zero attached hydrogens (tertiary/aromatic N) is 2. The number of likely N-dealkylation sites (tertiary alicyclic amines) is 1. The van der Waals surface area contributed by atoms with Crippen LogP contribution in [0.15, 0.2) is 54.6 Å². The molecule has 164 valence electrons. The highest BCUT2D eigenvalue weighted by Gasteiger charge is 2.21. The third-order valence-corrected chi connectivity index (χ3v) is 7.63. The summed E-state index contributed by atoms with van der Waals surface area (Å²) in [6, 6.07) is 19.9. The van der Waals surface area contributed by atoms with Crippen molar-refractivity contribution in [1.82, 2.24) is 9.88 Å². The van der Waals surface area contributed by atoms with E-state index in [0.717, 1.165) is 11.8 Å². The van der Waals surface area contributed by atoms with E-state index in [1.807, 2.05) is 0 Å². The maximum Gasteiger partial charge on any atom is 0.0465 e. The van der Waals surface area contributed by atoms with Crippen molar-refractivity contribution in [3.63, 3.8) is 0 Å². The van der Waals surface area contributed by atoms with Crippen LogP contribution in [-0.2, 0) is 0 Å². The Morgan fingerprint density at radius 2 is 1.68 bits per heavy atom. The molecule has 0 amide bonds. The van der Waals surface area contributed by atoms with Gasteiger partial charge in [-0.2, -0.15) is 0 Å². The normalized spacial score (nSPS) is 19.3. The minimum atomic E-state index is 0.914. The molecule has 1 N–H and O–H groups in total. The molecule has 3 heteroatoms. The number of benzene rings is 2. The van der Waals surface area contributed by atoms with E-state index in [0.29, 0.717) is 0 Å². The van der Waals surface area contributed by atoms with Crippen molar-refractivity contribution in [3.05, 3.63) is 54.6 Å². The summed E-state index contributed by atoms with van der Waals surface area (Å²) in [4.78, 5) is 8.87. The summed E-state index contributed by atoms with van der Waals surface area (Å²) in [5, 5.41) is 1.28. The molecule has 3 aromatic rings. The summed E-state index contributed by atoms with van der Waals surface area (Å²) in [5.74, 6) is 1.85.